The van der Waals surface area contributed by atoms with Gasteiger partial charge < -0.3 is 9.84 Å². The SMILES string of the molecule is COc1cc(C=Nc2c(SC(F)F)c(C#N)nn2-c2c(Cl)cc(C(F)(F)F)cc2Cl)ccc1O. The summed E-state index contributed by atoms with van der Waals surface area (Å²) in [7, 11) is 1.32. The molecule has 34 heavy (non-hydrogen) atoms. The van der Waals surface area contributed by atoms with Crippen molar-refractivity contribution < 1.29 is 31.8 Å². The number of aliphatic imine (C=N–C) groups is 1. The van der Waals surface area contributed by atoms with Gasteiger partial charge in [0.2, 0.25) is 0 Å². The molecule has 0 bridgehead atoms. The van der Waals surface area contributed by atoms with E-state index in [4.69, 9.17) is 27.9 Å². The summed E-state index contributed by atoms with van der Waals surface area (Å²) in [5, 5.41) is 22.0. The van der Waals surface area contributed by atoms with Gasteiger partial charge in [-0.15, -0.1) is 0 Å². The third-order valence-electron chi connectivity index (χ3n) is 4.23. The average molecular weight is 537 g/mol. The molecule has 1 heterocycles. The van der Waals surface area contributed by atoms with Crippen LogP contribution < -0.4 is 4.74 Å². The van der Waals surface area contributed by atoms with E-state index < -0.39 is 33.2 Å². The predicted molar refractivity (Wildman–Crippen MR) is 117 cm³/mol. The first kappa shape index (κ1) is 25.6. The van der Waals surface area contributed by atoms with Crippen molar-refractivity contribution in [3.8, 4) is 23.3 Å². The van der Waals surface area contributed by atoms with E-state index >= 15 is 0 Å². The maximum Gasteiger partial charge on any atom is 0.416 e. The van der Waals surface area contributed by atoms with E-state index in [1.54, 1.807) is 6.07 Å². The molecule has 0 aliphatic rings. The molecule has 3 rings (SSSR count). The highest BCUT2D eigenvalue weighted by molar-refractivity contribution is 7.99. The van der Waals surface area contributed by atoms with Crippen LogP contribution in [0.1, 0.15) is 16.8 Å². The number of nitriles is 1. The minimum absolute atomic E-state index is 0.0276. The van der Waals surface area contributed by atoms with Gasteiger partial charge in [-0.25, -0.2) is 9.67 Å². The maximum absolute atomic E-state index is 13.2. The number of methoxy groups -OCH3 is 1. The number of hydrogen-bond donors (Lipinski definition) is 1. The second-order valence-corrected chi connectivity index (χ2v) is 8.19. The molecule has 0 unspecified atom stereocenters. The van der Waals surface area contributed by atoms with Gasteiger partial charge in [-0.3, -0.25) is 0 Å². The normalized spacial score (nSPS) is 11.9. The minimum Gasteiger partial charge on any atom is -0.504 e. The van der Waals surface area contributed by atoms with Crippen LogP contribution in [0.4, 0.5) is 27.8 Å². The van der Waals surface area contributed by atoms with Gasteiger partial charge in [0, 0.05) is 6.21 Å². The molecule has 0 aliphatic carbocycles. The lowest BCUT2D eigenvalue weighted by atomic mass is 10.2. The second-order valence-electron chi connectivity index (χ2n) is 6.38. The van der Waals surface area contributed by atoms with Crippen LogP contribution in [-0.4, -0.2) is 34.0 Å². The lowest BCUT2D eigenvalue weighted by Gasteiger charge is -2.13. The molecule has 0 saturated heterocycles. The molecule has 0 spiro atoms. The molecular formula is C20H11Cl2F5N4O2S. The molecule has 0 saturated carbocycles. The van der Waals surface area contributed by atoms with Crippen molar-refractivity contribution in [2.75, 3.05) is 7.11 Å². The topological polar surface area (TPSA) is 83.4 Å². The van der Waals surface area contributed by atoms with E-state index in [2.05, 4.69) is 10.1 Å². The zero-order valence-corrected chi connectivity index (χ0v) is 19.1. The van der Waals surface area contributed by atoms with Crippen LogP contribution in [0.5, 0.6) is 11.5 Å². The largest absolute Gasteiger partial charge is 0.504 e. The van der Waals surface area contributed by atoms with Gasteiger partial charge >= 0.3 is 6.18 Å². The van der Waals surface area contributed by atoms with Crippen LogP contribution >= 0.6 is 35.0 Å². The number of aromatic hydroxyl groups is 1. The maximum atomic E-state index is 13.2. The van der Waals surface area contributed by atoms with Gasteiger partial charge in [0.15, 0.2) is 23.0 Å². The monoisotopic (exact) mass is 536 g/mol. The number of phenolic OH excluding ortho intramolecular Hbond substituents is 1. The Kier molecular flexibility index (Phi) is 7.60. The standard InChI is InChI=1S/C20H11Cl2F5N4O2S/c1-33-15-4-9(2-3-14(15)32)8-29-18-17(34-19(23)24)13(7-28)30-31(18)16-11(21)5-10(6-12(16)22)20(25,26)27/h2-6,8,19,32H,1H3. The van der Waals surface area contributed by atoms with Gasteiger partial charge in [0.25, 0.3) is 5.76 Å². The zero-order valence-electron chi connectivity index (χ0n) is 16.7. The summed E-state index contributed by atoms with van der Waals surface area (Å²) in [6.45, 7) is 0. The summed E-state index contributed by atoms with van der Waals surface area (Å²) in [6.07, 6.45) is -3.55. The number of aromatic nitrogens is 2. The smallest absolute Gasteiger partial charge is 0.416 e. The summed E-state index contributed by atoms with van der Waals surface area (Å²) in [6, 6.07) is 6.96. The van der Waals surface area contributed by atoms with Crippen LogP contribution in [-0.2, 0) is 6.18 Å². The van der Waals surface area contributed by atoms with Gasteiger partial charge in [-0.1, -0.05) is 23.2 Å². The predicted octanol–water partition coefficient (Wildman–Crippen LogP) is 6.85. The van der Waals surface area contributed by atoms with Crippen LogP contribution in [0.15, 0.2) is 40.2 Å². The van der Waals surface area contributed by atoms with Crippen molar-refractivity contribution in [1.29, 1.82) is 5.26 Å². The Morgan fingerprint density at radius 3 is 2.41 bits per heavy atom. The summed E-state index contributed by atoms with van der Waals surface area (Å²) in [5.74, 6) is -3.34. The average Bonchev–Trinajstić information content (AvgIpc) is 3.08. The molecular weight excluding hydrogens is 526 g/mol. The van der Waals surface area contributed by atoms with E-state index in [0.717, 1.165) is 4.68 Å². The molecule has 3 aromatic rings. The molecule has 1 N–H and O–H groups in total. The van der Waals surface area contributed by atoms with E-state index in [-0.39, 0.29) is 39.7 Å². The molecule has 0 aliphatic heterocycles. The Bertz CT molecular complexity index is 1280. The fourth-order valence-corrected chi connectivity index (χ4v) is 4.04. The number of alkyl halides is 5. The summed E-state index contributed by atoms with van der Waals surface area (Å²) in [4.78, 5) is 3.79. The first-order chi connectivity index (χ1) is 16.0. The first-order valence-electron chi connectivity index (χ1n) is 8.91. The number of rotatable bonds is 6. The number of phenols is 1. The Morgan fingerprint density at radius 2 is 1.88 bits per heavy atom. The van der Waals surface area contributed by atoms with Gasteiger partial charge in [0.1, 0.15) is 11.8 Å². The van der Waals surface area contributed by atoms with Crippen molar-refractivity contribution in [2.45, 2.75) is 16.8 Å². The van der Waals surface area contributed by atoms with Gasteiger partial charge in [0.05, 0.1) is 27.6 Å². The van der Waals surface area contributed by atoms with Crippen molar-refractivity contribution >= 4 is 47.0 Å². The van der Waals surface area contributed by atoms with E-state index in [0.29, 0.717) is 17.7 Å². The molecule has 2 aromatic carbocycles. The molecule has 0 radical (unpaired) electrons. The molecule has 0 amide bonds. The van der Waals surface area contributed by atoms with E-state index in [1.165, 1.54) is 31.5 Å². The number of ether oxygens (including phenoxy) is 1. The third-order valence-corrected chi connectivity index (χ3v) is 5.59. The van der Waals surface area contributed by atoms with E-state index in [9.17, 15) is 32.3 Å². The van der Waals surface area contributed by atoms with E-state index in [1.807, 2.05) is 0 Å². The summed E-state index contributed by atoms with van der Waals surface area (Å²) in [5.41, 5.74) is -1.53. The lowest BCUT2D eigenvalue weighted by Crippen LogP contribution is -2.07. The molecule has 6 nitrogen and oxygen atoms in total. The molecule has 0 atom stereocenters. The van der Waals surface area contributed by atoms with Crippen molar-refractivity contribution in [2.24, 2.45) is 4.99 Å². The van der Waals surface area contributed by atoms with Crippen molar-refractivity contribution in [3.05, 3.63) is 57.2 Å². The minimum atomic E-state index is -4.75. The van der Waals surface area contributed by atoms with Crippen LogP contribution in [0.2, 0.25) is 10.0 Å². The zero-order chi connectivity index (χ0) is 25.2. The highest BCUT2D eigenvalue weighted by Crippen LogP contribution is 2.43. The number of benzene rings is 2. The lowest BCUT2D eigenvalue weighted by molar-refractivity contribution is -0.137. The highest BCUT2D eigenvalue weighted by atomic mass is 35.5. The van der Waals surface area contributed by atoms with Crippen LogP contribution in [0.3, 0.4) is 0 Å². The highest BCUT2D eigenvalue weighted by Gasteiger charge is 2.33. The Balaban J connectivity index is 2.23. The fraction of sp³-hybridized carbons (Fsp3) is 0.150. The number of hydrogen-bond acceptors (Lipinski definition) is 6. The molecule has 0 fully saturated rings. The van der Waals surface area contributed by atoms with Crippen molar-refractivity contribution in [3.63, 3.8) is 0 Å². The molecule has 178 valence electrons. The number of halogens is 7. The first-order valence-corrected chi connectivity index (χ1v) is 10.6. The Labute approximate surface area is 203 Å². The summed E-state index contributed by atoms with van der Waals surface area (Å²) >= 11 is 12.1. The van der Waals surface area contributed by atoms with Gasteiger partial charge in [-0.2, -0.15) is 32.3 Å². The fourth-order valence-electron chi connectivity index (χ4n) is 2.78. The van der Waals surface area contributed by atoms with Gasteiger partial charge in [-0.05, 0) is 47.7 Å². The Morgan fingerprint density at radius 1 is 1.24 bits per heavy atom. The van der Waals surface area contributed by atoms with Crippen LogP contribution in [0, 0.1) is 11.3 Å². The molecule has 14 heteroatoms. The molecule has 1 aromatic heterocycles. The number of thioether (sulfide) groups is 1. The second kappa shape index (κ2) is 10.1. The summed E-state index contributed by atoms with van der Waals surface area (Å²) < 4.78 is 71.6. The van der Waals surface area contributed by atoms with Crippen molar-refractivity contribution in [1.82, 2.24) is 9.78 Å². The Hall–Kier alpha value is -3.01. The van der Waals surface area contributed by atoms with Crippen LogP contribution in [0.25, 0.3) is 5.69 Å². The quantitative estimate of drug-likeness (QED) is 0.211. The number of nitrogens with zero attached hydrogens (tertiary/aromatic N) is 4. The third kappa shape index (κ3) is 5.38.